The van der Waals surface area contributed by atoms with Crippen LogP contribution in [0.4, 0.5) is 0 Å². The van der Waals surface area contributed by atoms with Crippen molar-refractivity contribution in [2.24, 2.45) is 0 Å². The fourth-order valence-electron chi connectivity index (χ4n) is 0.428. The first-order valence-corrected chi connectivity index (χ1v) is 2.96. The molecule has 0 unspecified atom stereocenters. The molecule has 0 spiro atoms. The van der Waals surface area contributed by atoms with Crippen molar-refractivity contribution in [3.05, 3.63) is 56.7 Å². The van der Waals surface area contributed by atoms with Gasteiger partial charge in [0.2, 0.25) is 0 Å². The molecule has 0 bridgehead atoms. The maximum absolute atomic E-state index is 8.63. The Morgan fingerprint density at radius 3 is 1.54 bits per heavy atom. The molecule has 2 N–H and O–H groups in total. The van der Waals surface area contributed by atoms with Crippen molar-refractivity contribution >= 4 is 0 Å². The minimum Gasteiger partial charge on any atom is -0.508 e. The number of para-hydroxylation sites is 1. The van der Waals surface area contributed by atoms with E-state index in [9.17, 15) is 0 Å². The summed E-state index contributed by atoms with van der Waals surface area (Å²) in [6, 6.07) is 8.71. The Bertz CT molecular complexity index is 260. The summed E-state index contributed by atoms with van der Waals surface area (Å²) in [6.45, 7) is 0. The average molecular weight is 179 g/mol. The van der Waals surface area contributed by atoms with Gasteiger partial charge in [0.05, 0.1) is 0 Å². The number of benzene rings is 1. The lowest BCUT2D eigenvalue weighted by molar-refractivity contribution is 0.475. The summed E-state index contributed by atoms with van der Waals surface area (Å²) >= 11 is 0. The van der Waals surface area contributed by atoms with Gasteiger partial charge in [-0.3, -0.25) is 4.91 Å². The number of phenolic OH excluding ortho intramolecular Hbond substituents is 1. The molecule has 68 valence electrons. The molecule has 7 heteroatoms. The van der Waals surface area contributed by atoms with Crippen molar-refractivity contribution < 1.29 is 5.11 Å². The summed E-state index contributed by atoms with van der Waals surface area (Å²) in [7, 11) is 0. The highest BCUT2D eigenvalue weighted by molar-refractivity contribution is 5.18. The number of nitrogens with one attached hydrogen (secondary N) is 1. The SMILES string of the molecule is Oc1ccccc1.[N-]=[N+]=N.[N-]=[N+]=[N-]. The maximum atomic E-state index is 8.63. The van der Waals surface area contributed by atoms with Crippen LogP contribution in [0.15, 0.2) is 30.3 Å². The van der Waals surface area contributed by atoms with Gasteiger partial charge in [-0.15, -0.1) is 5.53 Å². The molecule has 1 aromatic rings. The summed E-state index contributed by atoms with van der Waals surface area (Å²) in [5.41, 5.74) is 25.8. The van der Waals surface area contributed by atoms with Crippen molar-refractivity contribution in [2.45, 2.75) is 0 Å². The average Bonchev–Trinajstić information content (AvgIpc) is 2.08. The van der Waals surface area contributed by atoms with Crippen LogP contribution in [0.5, 0.6) is 5.75 Å². The Morgan fingerprint density at radius 1 is 1.08 bits per heavy atom. The van der Waals surface area contributed by atoms with Crippen molar-refractivity contribution in [1.29, 1.82) is 5.53 Å². The summed E-state index contributed by atoms with van der Waals surface area (Å²) in [5.74, 6) is 0.322. The number of hydrogen-bond donors (Lipinski definition) is 2. The van der Waals surface area contributed by atoms with Crippen LogP contribution in [-0.2, 0) is 0 Å². The molecule has 0 saturated carbocycles. The van der Waals surface area contributed by atoms with E-state index in [4.69, 9.17) is 27.2 Å². The van der Waals surface area contributed by atoms with Crippen LogP contribution in [0.2, 0.25) is 0 Å². The fourth-order valence-corrected chi connectivity index (χ4v) is 0.428. The highest BCUT2D eigenvalue weighted by atomic mass is 16.3. The quantitative estimate of drug-likeness (QED) is 0.352. The first-order valence-electron chi connectivity index (χ1n) is 2.96. The molecule has 0 aromatic heterocycles. The lowest BCUT2D eigenvalue weighted by atomic mass is 10.3. The van der Waals surface area contributed by atoms with Crippen molar-refractivity contribution in [1.82, 2.24) is 0 Å². The Morgan fingerprint density at radius 2 is 1.38 bits per heavy atom. The third-order valence-electron chi connectivity index (χ3n) is 0.756. The van der Waals surface area contributed by atoms with Gasteiger partial charge in [0, 0.05) is 0 Å². The highest BCUT2D eigenvalue weighted by Gasteiger charge is 1.74. The first-order chi connectivity index (χ1) is 6.22. The van der Waals surface area contributed by atoms with Gasteiger partial charge in [-0.1, -0.05) is 18.2 Å². The molecule has 0 heterocycles. The van der Waals surface area contributed by atoms with E-state index in [-0.39, 0.29) is 0 Å². The van der Waals surface area contributed by atoms with Gasteiger partial charge >= 0.3 is 0 Å². The topological polar surface area (TPSA) is 139 Å². The molecular formula is C6H7N6O-. The molecule has 0 saturated heterocycles. The molecule has 13 heavy (non-hydrogen) atoms. The number of rotatable bonds is 0. The Kier molecular flexibility index (Phi) is 12.6. The van der Waals surface area contributed by atoms with Crippen LogP contribution in [0.1, 0.15) is 0 Å². The third kappa shape index (κ3) is 17.7. The number of aromatic hydroxyl groups is 1. The van der Waals surface area contributed by atoms with Crippen LogP contribution < -0.4 is 0 Å². The van der Waals surface area contributed by atoms with Crippen LogP contribution in [-0.4, -0.2) is 5.11 Å². The second kappa shape index (κ2) is 12.3. The second-order valence-corrected chi connectivity index (χ2v) is 1.52. The van der Waals surface area contributed by atoms with E-state index in [1.165, 1.54) is 4.91 Å². The molecule has 0 aliphatic rings. The van der Waals surface area contributed by atoms with Gasteiger partial charge in [-0.25, -0.2) is 0 Å². The largest absolute Gasteiger partial charge is 0.508 e. The minimum atomic E-state index is 0.322. The molecule has 0 aliphatic carbocycles. The number of hydrogen-bond acceptors (Lipinski definition) is 2. The van der Waals surface area contributed by atoms with Crippen LogP contribution in [0.25, 0.3) is 26.4 Å². The van der Waals surface area contributed by atoms with E-state index in [2.05, 4.69) is 0 Å². The molecule has 0 radical (unpaired) electrons. The number of nitrogens with zero attached hydrogens (tertiary/aromatic N) is 5. The normalized spacial score (nSPS) is 5.85. The molecule has 0 amide bonds. The van der Waals surface area contributed by atoms with E-state index in [0.29, 0.717) is 5.75 Å². The van der Waals surface area contributed by atoms with Gasteiger partial charge in [-0.05, 0) is 22.6 Å². The molecule has 7 nitrogen and oxygen atoms in total. The third-order valence-corrected chi connectivity index (χ3v) is 0.756. The monoisotopic (exact) mass is 179 g/mol. The van der Waals surface area contributed by atoms with Crippen LogP contribution in [0, 0.1) is 5.53 Å². The molecule has 0 atom stereocenters. The Balaban J connectivity index is 0. The summed E-state index contributed by atoms with van der Waals surface area (Å²) < 4.78 is 0. The zero-order valence-electron chi connectivity index (χ0n) is 6.57. The zero-order valence-corrected chi connectivity index (χ0v) is 6.57. The summed E-state index contributed by atoms with van der Waals surface area (Å²) in [4.78, 5) is 3.25. The summed E-state index contributed by atoms with van der Waals surface area (Å²) in [6.07, 6.45) is 0. The zero-order chi connectivity index (χ0) is 10.5. The van der Waals surface area contributed by atoms with Gasteiger partial charge in [-0.2, -0.15) is 0 Å². The molecule has 1 aromatic carbocycles. The van der Waals surface area contributed by atoms with Gasteiger partial charge in [0.25, 0.3) is 0 Å². The second-order valence-electron chi connectivity index (χ2n) is 1.52. The smallest absolute Gasteiger partial charge is 0.115 e. The molecular weight excluding hydrogens is 172 g/mol. The van der Waals surface area contributed by atoms with E-state index in [1.54, 1.807) is 29.2 Å². The van der Waals surface area contributed by atoms with E-state index in [0.717, 1.165) is 0 Å². The van der Waals surface area contributed by atoms with Crippen LogP contribution in [0.3, 0.4) is 0 Å². The number of phenols is 1. The standard InChI is InChI=1S/C6H6O.HN3.N3/c7-6-4-2-1-3-5-6;2*1-3-2/h1-5,7H;1H;/q;;-1. The van der Waals surface area contributed by atoms with E-state index in [1.807, 2.05) is 6.07 Å². The van der Waals surface area contributed by atoms with Gasteiger partial charge in [0.15, 0.2) is 0 Å². The summed E-state index contributed by atoms with van der Waals surface area (Å²) in [5, 5.41) is 8.63. The predicted octanol–water partition coefficient (Wildman–Crippen LogP) is 3.13. The molecule has 0 fully saturated rings. The fraction of sp³-hybridized carbons (Fsp3) is 0. The lowest BCUT2D eigenvalue weighted by Gasteiger charge is -1.82. The first kappa shape index (κ1) is 13.2. The Hall–Kier alpha value is -2.36. The minimum absolute atomic E-state index is 0.322. The molecule has 0 aliphatic heterocycles. The van der Waals surface area contributed by atoms with Crippen molar-refractivity contribution in [2.75, 3.05) is 0 Å². The van der Waals surface area contributed by atoms with E-state index >= 15 is 0 Å². The lowest BCUT2D eigenvalue weighted by Crippen LogP contribution is -1.56. The van der Waals surface area contributed by atoms with Gasteiger partial charge in [0.1, 0.15) is 5.75 Å². The van der Waals surface area contributed by atoms with Crippen molar-refractivity contribution in [3.8, 4) is 5.75 Å². The predicted molar refractivity (Wildman–Crippen MR) is 47.6 cm³/mol. The Labute approximate surface area is 74.1 Å². The van der Waals surface area contributed by atoms with E-state index < -0.39 is 0 Å². The highest BCUT2D eigenvalue weighted by Crippen LogP contribution is 2.02. The molecule has 1 rings (SSSR count). The van der Waals surface area contributed by atoms with Crippen LogP contribution >= 0.6 is 0 Å². The van der Waals surface area contributed by atoms with Gasteiger partial charge < -0.3 is 16.2 Å². The van der Waals surface area contributed by atoms with Crippen molar-refractivity contribution in [3.63, 3.8) is 0 Å². The maximum Gasteiger partial charge on any atom is 0.115 e.